The summed E-state index contributed by atoms with van der Waals surface area (Å²) in [5.74, 6) is -11.3. The maximum Gasteiger partial charge on any atom is 0.338 e. The van der Waals surface area contributed by atoms with Crippen LogP contribution in [-0.2, 0) is 19.3 Å². The lowest BCUT2D eigenvalue weighted by Gasteiger charge is -2.59. The number of allylic oxidation sites excluding steroid dienone is 1. The fourth-order valence-electron chi connectivity index (χ4n) is 10.6. The van der Waals surface area contributed by atoms with Crippen LogP contribution in [0.25, 0.3) is 11.1 Å². The van der Waals surface area contributed by atoms with Crippen molar-refractivity contribution < 1.29 is 45.7 Å². The second-order valence-corrected chi connectivity index (χ2v) is 20.4. The van der Waals surface area contributed by atoms with E-state index in [9.17, 15) is 27.4 Å². The Balaban J connectivity index is 1.29. The number of hydrogen-bond donors (Lipinski definition) is 2. The van der Waals surface area contributed by atoms with E-state index in [0.717, 1.165) is 27.8 Å². The number of hydrogen-bond acceptors (Lipinski definition) is 6. The summed E-state index contributed by atoms with van der Waals surface area (Å²) in [4.78, 5) is 0.252. The van der Waals surface area contributed by atoms with Gasteiger partial charge in [0.15, 0.2) is 15.6 Å². The average Bonchev–Trinajstić information content (AvgIpc) is 3.39. The van der Waals surface area contributed by atoms with E-state index in [2.05, 4.69) is 13.8 Å². The highest BCUT2D eigenvalue weighted by Crippen LogP contribution is 2.71. The molecule has 6 nitrogen and oxygen atoms in total. The van der Waals surface area contributed by atoms with Gasteiger partial charge in [0, 0.05) is 36.5 Å². The van der Waals surface area contributed by atoms with Gasteiger partial charge in [0.25, 0.3) is 0 Å². The molecule has 2 N–H and O–H groups in total. The highest BCUT2D eigenvalue weighted by Gasteiger charge is 2.77. The van der Waals surface area contributed by atoms with Gasteiger partial charge >= 0.3 is 11.8 Å². The number of fused-ring (bicyclic) bond motifs is 4. The quantitative estimate of drug-likeness (QED) is 0.216. The van der Waals surface area contributed by atoms with Crippen LogP contribution < -0.4 is 0 Å². The third-order valence-corrected chi connectivity index (χ3v) is 16.3. The van der Waals surface area contributed by atoms with Crippen LogP contribution in [-0.4, -0.2) is 65.9 Å². The van der Waals surface area contributed by atoms with Crippen LogP contribution >= 0.6 is 0 Å². The number of halogens is 4. The molecule has 4 aliphatic carbocycles. The van der Waals surface area contributed by atoms with Crippen LogP contribution in [0.5, 0.6) is 0 Å². The average molecular weight is 763 g/mol. The Hall–Kier alpha value is -2.31. The summed E-state index contributed by atoms with van der Waals surface area (Å²) >= 11 is 0. The molecule has 7 atom stereocenters. The standard InChI is InChI=1S/C42H54F4O6S/c1-7-26(2)53(49,50)30-14-12-28(13-15-30)27-8-10-29(11-9-27)32-22-37(5)33(18-21-41(37,48)42(45,46)38(6,43)44)31-16-19-39(47)23-40(20-17-34(39)35(31)32)51-24-36(3,4)25-52-40/h8-15,26,31-33,47-48H,7,16-25H2,1-6H3/t26?,31?,32?,33?,37-,39+,41-/m0/s1. The van der Waals surface area contributed by atoms with E-state index in [0.29, 0.717) is 45.3 Å². The first-order chi connectivity index (χ1) is 24.5. The van der Waals surface area contributed by atoms with Crippen LogP contribution in [0, 0.1) is 22.7 Å². The molecule has 2 aromatic carbocycles. The minimum absolute atomic E-state index is 0.0130. The fourth-order valence-corrected chi connectivity index (χ4v) is 12.1. The summed E-state index contributed by atoms with van der Waals surface area (Å²) in [5, 5.41) is 23.9. The SMILES string of the molecule is CCC(C)S(=O)(=O)c1ccc(-c2ccc(C3C[C@@]4(C)C(CC[C@@]4(O)C(F)(F)C(C)(F)F)C4CC[C@@]5(O)CC6(CCC5=C34)OCC(C)(C)CO6)cc2)cc1. The molecule has 3 saturated carbocycles. The summed E-state index contributed by atoms with van der Waals surface area (Å²) in [6.07, 6.45) is 2.33. The molecule has 1 spiro atoms. The van der Waals surface area contributed by atoms with Crippen LogP contribution in [0.15, 0.2) is 64.6 Å². The lowest BCUT2D eigenvalue weighted by Crippen LogP contribution is -2.66. The van der Waals surface area contributed by atoms with Gasteiger partial charge in [0.2, 0.25) is 0 Å². The molecule has 5 aliphatic rings. The normalized spacial score (nSPS) is 34.7. The smallest absolute Gasteiger partial charge is 0.338 e. The van der Waals surface area contributed by atoms with Crippen LogP contribution in [0.2, 0.25) is 0 Å². The van der Waals surface area contributed by atoms with Gasteiger partial charge in [0.05, 0.1) is 29.0 Å². The van der Waals surface area contributed by atoms with Crippen molar-refractivity contribution in [2.24, 2.45) is 22.7 Å². The second-order valence-electron chi connectivity index (χ2n) is 18.0. The molecule has 4 fully saturated rings. The molecule has 4 unspecified atom stereocenters. The summed E-state index contributed by atoms with van der Waals surface area (Å²) < 4.78 is 99.7. The Morgan fingerprint density at radius 2 is 1.47 bits per heavy atom. The Morgan fingerprint density at radius 3 is 2.04 bits per heavy atom. The number of alkyl halides is 4. The van der Waals surface area contributed by atoms with E-state index in [-0.39, 0.29) is 42.4 Å². The van der Waals surface area contributed by atoms with Crippen molar-refractivity contribution in [3.05, 3.63) is 65.2 Å². The van der Waals surface area contributed by atoms with Gasteiger partial charge in [-0.05, 0) is 98.1 Å². The molecule has 11 heteroatoms. The van der Waals surface area contributed by atoms with E-state index < -0.39 is 67.6 Å². The second kappa shape index (κ2) is 12.6. The van der Waals surface area contributed by atoms with E-state index in [1.807, 2.05) is 31.2 Å². The highest BCUT2D eigenvalue weighted by molar-refractivity contribution is 7.92. The molecule has 1 aliphatic heterocycles. The number of ether oxygens (including phenoxy) is 2. The van der Waals surface area contributed by atoms with E-state index in [4.69, 9.17) is 9.47 Å². The van der Waals surface area contributed by atoms with Crippen LogP contribution in [0.3, 0.4) is 0 Å². The van der Waals surface area contributed by atoms with Gasteiger partial charge in [-0.25, -0.2) is 17.2 Å². The Kier molecular flexibility index (Phi) is 9.26. The van der Waals surface area contributed by atoms with Gasteiger partial charge in [-0.15, -0.1) is 0 Å². The van der Waals surface area contributed by atoms with Crippen molar-refractivity contribution in [2.75, 3.05) is 13.2 Å². The molecule has 53 heavy (non-hydrogen) atoms. The molecule has 0 radical (unpaired) electrons. The zero-order valence-corrected chi connectivity index (χ0v) is 32.5. The van der Waals surface area contributed by atoms with Gasteiger partial charge in [-0.3, -0.25) is 0 Å². The summed E-state index contributed by atoms with van der Waals surface area (Å²) in [6, 6.07) is 14.3. The molecule has 1 heterocycles. The third kappa shape index (κ3) is 5.96. The zero-order valence-electron chi connectivity index (χ0n) is 31.7. The van der Waals surface area contributed by atoms with Gasteiger partial charge in [-0.2, -0.15) is 8.78 Å². The number of benzene rings is 2. The molecule has 0 amide bonds. The van der Waals surface area contributed by atoms with Crippen molar-refractivity contribution in [3.63, 3.8) is 0 Å². The first-order valence-corrected chi connectivity index (χ1v) is 20.7. The van der Waals surface area contributed by atoms with Crippen molar-refractivity contribution in [3.8, 4) is 11.1 Å². The lowest BCUT2D eigenvalue weighted by atomic mass is 9.49. The van der Waals surface area contributed by atoms with Gasteiger partial charge in [-0.1, -0.05) is 69.7 Å². The molecule has 0 aromatic heterocycles. The first kappa shape index (κ1) is 38.9. The van der Waals surface area contributed by atoms with E-state index in [1.165, 1.54) is 0 Å². The number of rotatable bonds is 7. The zero-order chi connectivity index (χ0) is 38.6. The number of aliphatic hydroxyl groups is 2. The Morgan fingerprint density at radius 1 is 0.887 bits per heavy atom. The predicted octanol–water partition coefficient (Wildman–Crippen LogP) is 9.24. The maximum atomic E-state index is 15.9. The third-order valence-electron chi connectivity index (χ3n) is 14.0. The van der Waals surface area contributed by atoms with E-state index >= 15 is 8.78 Å². The van der Waals surface area contributed by atoms with Crippen molar-refractivity contribution in [1.29, 1.82) is 0 Å². The molecule has 292 valence electrons. The molecular weight excluding hydrogens is 709 g/mol. The molecule has 2 aromatic rings. The molecular formula is C42H54F4O6S. The van der Waals surface area contributed by atoms with Crippen LogP contribution in [0.1, 0.15) is 111 Å². The summed E-state index contributed by atoms with van der Waals surface area (Å²) in [6.45, 7) is 10.4. The summed E-state index contributed by atoms with van der Waals surface area (Å²) in [7, 11) is -3.45. The van der Waals surface area contributed by atoms with Gasteiger partial charge in [0.1, 0.15) is 5.60 Å². The van der Waals surface area contributed by atoms with E-state index in [1.54, 1.807) is 38.1 Å². The van der Waals surface area contributed by atoms with Crippen molar-refractivity contribution in [1.82, 2.24) is 0 Å². The van der Waals surface area contributed by atoms with Crippen molar-refractivity contribution in [2.45, 2.75) is 144 Å². The summed E-state index contributed by atoms with van der Waals surface area (Å²) in [5.41, 5.74) is -1.63. The highest BCUT2D eigenvalue weighted by atomic mass is 32.2. The van der Waals surface area contributed by atoms with Crippen LogP contribution in [0.4, 0.5) is 17.6 Å². The van der Waals surface area contributed by atoms with Gasteiger partial charge < -0.3 is 19.7 Å². The minimum atomic E-state index is -4.66. The Bertz CT molecular complexity index is 1860. The first-order valence-electron chi connectivity index (χ1n) is 19.2. The molecule has 7 rings (SSSR count). The fraction of sp³-hybridized carbons (Fsp3) is 0.667. The number of sulfone groups is 1. The molecule has 0 bridgehead atoms. The minimum Gasteiger partial charge on any atom is -0.385 e. The largest absolute Gasteiger partial charge is 0.385 e. The lowest BCUT2D eigenvalue weighted by molar-refractivity contribution is -0.323. The predicted molar refractivity (Wildman–Crippen MR) is 194 cm³/mol. The maximum absolute atomic E-state index is 15.9. The topological polar surface area (TPSA) is 93.1 Å². The molecule has 1 saturated heterocycles. The monoisotopic (exact) mass is 762 g/mol. The van der Waals surface area contributed by atoms with Crippen molar-refractivity contribution >= 4 is 9.84 Å². The Labute approximate surface area is 311 Å².